The largest absolute Gasteiger partial charge is 0.457 e. The second kappa shape index (κ2) is 17.0. The van der Waals surface area contributed by atoms with Crippen LogP contribution in [0.4, 0.5) is 5.69 Å². The monoisotopic (exact) mass is 709 g/mol. The summed E-state index contributed by atoms with van der Waals surface area (Å²) in [6, 6.07) is 39.2. The van der Waals surface area contributed by atoms with E-state index in [0.29, 0.717) is 28.6 Å². The van der Waals surface area contributed by atoms with Gasteiger partial charge in [0.2, 0.25) is 11.8 Å². The Morgan fingerprint density at radius 1 is 0.740 bits per heavy atom. The summed E-state index contributed by atoms with van der Waals surface area (Å²) in [4.78, 5) is 30.1. The van der Waals surface area contributed by atoms with Gasteiger partial charge in [0.05, 0.1) is 10.6 Å². The summed E-state index contributed by atoms with van der Waals surface area (Å²) in [6.07, 6.45) is 0.206. The van der Waals surface area contributed by atoms with Crippen molar-refractivity contribution in [3.63, 3.8) is 0 Å². The molecule has 0 saturated carbocycles. The Labute approximate surface area is 299 Å². The number of ether oxygens (including phenoxy) is 1. The van der Waals surface area contributed by atoms with Crippen molar-refractivity contribution in [1.29, 1.82) is 0 Å². The van der Waals surface area contributed by atoms with E-state index < -0.39 is 28.5 Å². The molecule has 10 heteroatoms. The number of anilines is 1. The molecule has 0 aliphatic heterocycles. The number of para-hydroxylation sites is 1. The van der Waals surface area contributed by atoms with Crippen LogP contribution >= 0.6 is 11.6 Å². The molecule has 2 amide bonds. The average molecular weight is 710 g/mol. The molecule has 0 spiro atoms. The third-order valence-corrected chi connectivity index (χ3v) is 10.1. The highest BCUT2D eigenvalue weighted by Crippen LogP contribution is 2.29. The van der Waals surface area contributed by atoms with Gasteiger partial charge in [0, 0.05) is 24.5 Å². The molecule has 1 N–H and O–H groups in total. The molecule has 0 saturated heterocycles. The van der Waals surface area contributed by atoms with Gasteiger partial charge in [-0.1, -0.05) is 110 Å². The van der Waals surface area contributed by atoms with Crippen LogP contribution in [0.15, 0.2) is 144 Å². The van der Waals surface area contributed by atoms with E-state index in [2.05, 4.69) is 5.32 Å². The zero-order valence-electron chi connectivity index (χ0n) is 28.0. The first-order chi connectivity index (χ1) is 24.1. The maximum absolute atomic E-state index is 14.7. The standard InChI is InChI=1S/C40H40ClN3O5S/c1-30(2)27-42-40(46)38(26-31-14-6-3-7-15-31)43(28-32-16-12-13-21-37(32)41)39(45)29-44(50(47,48)36-19-10-5-11-20-36)33-22-24-35(25-23-33)49-34-17-8-4-9-18-34/h3-25,30,38H,26-29H2,1-2H3,(H,42,46)/t38-/m1/s1. The summed E-state index contributed by atoms with van der Waals surface area (Å²) in [5.41, 5.74) is 1.72. The minimum atomic E-state index is -4.24. The minimum Gasteiger partial charge on any atom is -0.457 e. The molecule has 258 valence electrons. The molecule has 0 bridgehead atoms. The Bertz CT molecular complexity index is 1960. The van der Waals surface area contributed by atoms with Crippen LogP contribution in [-0.4, -0.2) is 44.3 Å². The second-order valence-electron chi connectivity index (χ2n) is 12.2. The van der Waals surface area contributed by atoms with E-state index in [9.17, 15) is 18.0 Å². The normalized spacial score (nSPS) is 11.8. The predicted molar refractivity (Wildman–Crippen MR) is 198 cm³/mol. The third-order valence-electron chi connectivity index (χ3n) is 7.97. The van der Waals surface area contributed by atoms with Gasteiger partial charge in [0.15, 0.2) is 0 Å². The van der Waals surface area contributed by atoms with Crippen molar-refractivity contribution < 1.29 is 22.7 Å². The van der Waals surface area contributed by atoms with Gasteiger partial charge in [0.25, 0.3) is 10.0 Å². The Morgan fingerprint density at radius 3 is 1.92 bits per heavy atom. The zero-order valence-corrected chi connectivity index (χ0v) is 29.6. The van der Waals surface area contributed by atoms with E-state index in [1.807, 2.05) is 74.5 Å². The first-order valence-corrected chi connectivity index (χ1v) is 18.2. The van der Waals surface area contributed by atoms with Crippen molar-refractivity contribution in [2.24, 2.45) is 5.92 Å². The van der Waals surface area contributed by atoms with Gasteiger partial charge in [-0.2, -0.15) is 0 Å². The number of amides is 2. The Kier molecular flexibility index (Phi) is 12.3. The molecule has 0 unspecified atom stereocenters. The highest BCUT2D eigenvalue weighted by molar-refractivity contribution is 7.92. The fourth-order valence-corrected chi connectivity index (χ4v) is 6.97. The fraction of sp³-hybridized carbons (Fsp3) is 0.200. The summed E-state index contributed by atoms with van der Waals surface area (Å²) in [6.45, 7) is 3.78. The van der Waals surface area contributed by atoms with Gasteiger partial charge in [-0.05, 0) is 71.6 Å². The van der Waals surface area contributed by atoms with Gasteiger partial charge >= 0.3 is 0 Å². The maximum atomic E-state index is 14.7. The van der Waals surface area contributed by atoms with Gasteiger partial charge in [0.1, 0.15) is 24.1 Å². The molecule has 0 aromatic heterocycles. The topological polar surface area (TPSA) is 96.0 Å². The predicted octanol–water partition coefficient (Wildman–Crippen LogP) is 7.74. The van der Waals surface area contributed by atoms with E-state index in [1.54, 1.807) is 66.7 Å². The number of hydrogen-bond donors (Lipinski definition) is 1. The van der Waals surface area contributed by atoms with Gasteiger partial charge < -0.3 is 15.0 Å². The zero-order chi connectivity index (χ0) is 35.5. The lowest BCUT2D eigenvalue weighted by molar-refractivity contribution is -0.140. The van der Waals surface area contributed by atoms with Crippen LogP contribution in [-0.2, 0) is 32.6 Å². The number of nitrogens with zero attached hydrogens (tertiary/aromatic N) is 2. The molecule has 0 aliphatic rings. The van der Waals surface area contributed by atoms with Crippen LogP contribution in [0, 0.1) is 5.92 Å². The van der Waals surface area contributed by atoms with E-state index in [-0.39, 0.29) is 35.4 Å². The average Bonchev–Trinajstić information content (AvgIpc) is 3.13. The highest BCUT2D eigenvalue weighted by atomic mass is 35.5. The molecular formula is C40H40ClN3O5S. The summed E-state index contributed by atoms with van der Waals surface area (Å²) >= 11 is 6.59. The fourth-order valence-electron chi connectivity index (χ4n) is 5.34. The number of hydrogen-bond acceptors (Lipinski definition) is 5. The summed E-state index contributed by atoms with van der Waals surface area (Å²) in [5, 5.41) is 3.42. The van der Waals surface area contributed by atoms with Crippen molar-refractivity contribution in [2.45, 2.75) is 37.8 Å². The summed E-state index contributed by atoms with van der Waals surface area (Å²) in [5.74, 6) is 0.370. The number of halogens is 1. The van der Waals surface area contributed by atoms with Crippen molar-refractivity contribution in [3.05, 3.63) is 156 Å². The Morgan fingerprint density at radius 2 is 1.30 bits per heavy atom. The molecule has 1 atom stereocenters. The lowest BCUT2D eigenvalue weighted by Crippen LogP contribution is -2.53. The van der Waals surface area contributed by atoms with Crippen molar-refractivity contribution in [2.75, 3.05) is 17.4 Å². The maximum Gasteiger partial charge on any atom is 0.264 e. The second-order valence-corrected chi connectivity index (χ2v) is 14.5. The lowest BCUT2D eigenvalue weighted by Gasteiger charge is -2.34. The first-order valence-electron chi connectivity index (χ1n) is 16.4. The Hall–Kier alpha value is -5.12. The number of carbonyl (C=O) groups is 2. The van der Waals surface area contributed by atoms with Crippen LogP contribution in [0.5, 0.6) is 11.5 Å². The molecule has 50 heavy (non-hydrogen) atoms. The SMILES string of the molecule is CC(C)CNC(=O)[C@@H](Cc1ccccc1)N(Cc1ccccc1Cl)C(=O)CN(c1ccc(Oc2ccccc2)cc1)S(=O)(=O)c1ccccc1. The lowest BCUT2D eigenvalue weighted by atomic mass is 10.0. The van der Waals surface area contributed by atoms with Crippen LogP contribution < -0.4 is 14.4 Å². The molecule has 5 rings (SSSR count). The first kappa shape index (κ1) is 36.2. The molecular weight excluding hydrogens is 670 g/mol. The number of sulfonamides is 1. The van der Waals surface area contributed by atoms with Crippen molar-refractivity contribution in [3.8, 4) is 11.5 Å². The van der Waals surface area contributed by atoms with Crippen LogP contribution in [0.1, 0.15) is 25.0 Å². The Balaban J connectivity index is 1.55. The molecule has 0 aliphatic carbocycles. The van der Waals surface area contributed by atoms with Crippen molar-refractivity contribution >= 4 is 39.1 Å². The number of rotatable bonds is 15. The van der Waals surface area contributed by atoms with E-state index in [1.165, 1.54) is 17.0 Å². The highest BCUT2D eigenvalue weighted by Gasteiger charge is 2.35. The third kappa shape index (κ3) is 9.52. The van der Waals surface area contributed by atoms with Gasteiger partial charge in [-0.3, -0.25) is 13.9 Å². The number of benzene rings is 5. The molecule has 0 fully saturated rings. The molecule has 8 nitrogen and oxygen atoms in total. The number of nitrogens with one attached hydrogen (secondary N) is 1. The van der Waals surface area contributed by atoms with Crippen LogP contribution in [0.3, 0.4) is 0 Å². The van der Waals surface area contributed by atoms with Crippen LogP contribution in [0.2, 0.25) is 5.02 Å². The minimum absolute atomic E-state index is 0.0191. The summed E-state index contributed by atoms with van der Waals surface area (Å²) < 4.78 is 35.6. The number of carbonyl (C=O) groups excluding carboxylic acids is 2. The molecule has 0 radical (unpaired) electrons. The van der Waals surface area contributed by atoms with Crippen molar-refractivity contribution in [1.82, 2.24) is 10.2 Å². The van der Waals surface area contributed by atoms with Gasteiger partial charge in [-0.15, -0.1) is 0 Å². The van der Waals surface area contributed by atoms with Gasteiger partial charge in [-0.25, -0.2) is 8.42 Å². The van der Waals surface area contributed by atoms with E-state index in [0.717, 1.165) is 9.87 Å². The molecule has 5 aromatic carbocycles. The summed E-state index contributed by atoms with van der Waals surface area (Å²) in [7, 11) is -4.24. The smallest absolute Gasteiger partial charge is 0.264 e. The van der Waals surface area contributed by atoms with E-state index >= 15 is 0 Å². The van der Waals surface area contributed by atoms with Crippen LogP contribution in [0.25, 0.3) is 0 Å². The van der Waals surface area contributed by atoms with E-state index in [4.69, 9.17) is 16.3 Å². The molecule has 0 heterocycles. The molecule has 5 aromatic rings. The quantitative estimate of drug-likeness (QED) is 0.120.